The predicted octanol–water partition coefficient (Wildman–Crippen LogP) is 6.81. The van der Waals surface area contributed by atoms with Gasteiger partial charge in [0.05, 0.1) is 12.6 Å². The van der Waals surface area contributed by atoms with Crippen molar-refractivity contribution in [3.8, 4) is 5.75 Å². The van der Waals surface area contributed by atoms with E-state index >= 15 is 0 Å². The van der Waals surface area contributed by atoms with Gasteiger partial charge in [-0.15, -0.1) is 0 Å². The molecule has 2 aliphatic heterocycles. The second kappa shape index (κ2) is 13.1. The van der Waals surface area contributed by atoms with Gasteiger partial charge in [-0.25, -0.2) is 0 Å². The number of carbonyl (C=O) groups is 1. The highest BCUT2D eigenvalue weighted by Gasteiger charge is 2.71. The number of allylic oxidation sites excluding steroid dienone is 1. The smallest absolute Gasteiger partial charge is 0.430 e. The molecule has 1 unspecified atom stereocenters. The summed E-state index contributed by atoms with van der Waals surface area (Å²) < 4.78 is 87.3. The summed E-state index contributed by atoms with van der Waals surface area (Å²) in [6, 6.07) is 9.72. The molecule has 2 saturated heterocycles. The second-order valence-electron chi connectivity index (χ2n) is 12.6. The molecule has 0 radical (unpaired) electrons. The number of ether oxygens (including phenoxy) is 1. The normalized spacial score (nSPS) is 23.5. The van der Waals surface area contributed by atoms with Crippen molar-refractivity contribution in [3.63, 3.8) is 0 Å². The molecule has 0 aliphatic carbocycles. The lowest BCUT2D eigenvalue weighted by Crippen LogP contribution is -2.59. The summed E-state index contributed by atoms with van der Waals surface area (Å²) in [5.74, 6) is 0.655. The predicted molar refractivity (Wildman–Crippen MR) is 164 cm³/mol. The Morgan fingerprint density at radius 3 is 2.35 bits per heavy atom. The van der Waals surface area contributed by atoms with Gasteiger partial charge in [-0.2, -0.15) is 26.3 Å². The van der Waals surface area contributed by atoms with Gasteiger partial charge in [0.1, 0.15) is 5.75 Å². The van der Waals surface area contributed by atoms with Crippen molar-refractivity contribution >= 4 is 17.7 Å². The molecule has 46 heavy (non-hydrogen) atoms. The number of alkyl halides is 6. The summed E-state index contributed by atoms with van der Waals surface area (Å²) >= 11 is 0. The molecule has 2 aromatic carbocycles. The van der Waals surface area contributed by atoms with Gasteiger partial charge in [0.2, 0.25) is 5.91 Å². The number of piperazine rings is 1. The molecule has 1 N–H and O–H groups in total. The zero-order chi connectivity index (χ0) is 34.2. The number of benzene rings is 2. The fourth-order valence-electron chi connectivity index (χ4n) is 6.19. The van der Waals surface area contributed by atoms with Crippen molar-refractivity contribution in [2.75, 3.05) is 37.7 Å². The Bertz CT molecular complexity index is 1410. The van der Waals surface area contributed by atoms with E-state index < -0.39 is 29.1 Å². The van der Waals surface area contributed by atoms with E-state index in [1.54, 1.807) is 11.8 Å². The Morgan fingerprint density at radius 2 is 1.74 bits per heavy atom. The number of hydrogen-bond acceptors (Lipinski definition) is 5. The van der Waals surface area contributed by atoms with Gasteiger partial charge < -0.3 is 29.9 Å². The van der Waals surface area contributed by atoms with Crippen molar-refractivity contribution < 1.29 is 41.0 Å². The van der Waals surface area contributed by atoms with E-state index in [1.807, 2.05) is 68.7 Å². The van der Waals surface area contributed by atoms with E-state index in [0.29, 0.717) is 38.1 Å². The van der Waals surface area contributed by atoms with Gasteiger partial charge >= 0.3 is 12.4 Å². The van der Waals surface area contributed by atoms with Crippen molar-refractivity contribution in [3.05, 3.63) is 70.5 Å². The van der Waals surface area contributed by atoms with E-state index in [4.69, 9.17) is 10.1 Å². The third-order valence-electron chi connectivity index (χ3n) is 8.57. The average molecular weight is 656 g/mol. The molecule has 0 aromatic heterocycles. The molecule has 2 aromatic rings. The van der Waals surface area contributed by atoms with Gasteiger partial charge in [-0.3, -0.25) is 4.79 Å². The highest BCUT2D eigenvalue weighted by molar-refractivity contribution is 5.79. The number of amides is 1. The number of anilines is 1. The van der Waals surface area contributed by atoms with E-state index in [1.165, 1.54) is 18.2 Å². The maximum absolute atomic E-state index is 13.6. The molecule has 0 spiro atoms. The van der Waals surface area contributed by atoms with Gasteiger partial charge in [0.25, 0.3) is 5.60 Å². The third-order valence-corrected chi connectivity index (χ3v) is 8.57. The van der Waals surface area contributed by atoms with E-state index in [9.17, 15) is 36.2 Å². The van der Waals surface area contributed by atoms with Crippen LogP contribution >= 0.6 is 0 Å². The van der Waals surface area contributed by atoms with Crippen molar-refractivity contribution in [1.29, 1.82) is 0 Å². The Hall–Kier alpha value is -3.29. The molecule has 0 saturated carbocycles. The number of halogens is 6. The standard InChI is InChI=1S/C33H41F6N4O3/c1-7-9-24-14-26(31(45,32(34,35)36)33(37,38)39)12-13-28(24)42-16-23(5)43(17-22(42)4)29(44)18-41-19-30(6,40-20-41)25-10-8-11-27(15-25)46-21(2)3/h7-15,21-23,45H,16-20H2,1-6H3/q-1/t22?,23-,30-/m0/s1. The van der Waals surface area contributed by atoms with Crippen LogP contribution < -0.4 is 9.64 Å². The van der Waals surface area contributed by atoms with Crippen LogP contribution in [0.3, 0.4) is 0 Å². The molecule has 1 amide bonds. The summed E-state index contributed by atoms with van der Waals surface area (Å²) in [5, 5.41) is 14.8. The first-order chi connectivity index (χ1) is 21.3. The minimum Gasteiger partial charge on any atom is -0.640 e. The number of rotatable bonds is 8. The first-order valence-corrected chi connectivity index (χ1v) is 15.2. The lowest BCUT2D eigenvalue weighted by atomic mass is 9.89. The first-order valence-electron chi connectivity index (χ1n) is 15.2. The maximum Gasteiger partial charge on any atom is 0.430 e. The van der Waals surface area contributed by atoms with E-state index in [2.05, 4.69) is 0 Å². The minimum atomic E-state index is -5.99. The fourth-order valence-corrected chi connectivity index (χ4v) is 6.19. The van der Waals surface area contributed by atoms with Gasteiger partial charge in [-0.1, -0.05) is 55.0 Å². The maximum atomic E-state index is 13.6. The minimum absolute atomic E-state index is 0.0281. The number of hydrogen-bond donors (Lipinski definition) is 1. The zero-order valence-electron chi connectivity index (χ0n) is 26.8. The number of nitrogens with zero attached hydrogens (tertiary/aromatic N) is 4. The van der Waals surface area contributed by atoms with Crippen LogP contribution in [0.2, 0.25) is 0 Å². The Morgan fingerprint density at radius 1 is 1.07 bits per heavy atom. The number of carbonyl (C=O) groups excluding carboxylic acids is 1. The Kier molecular flexibility index (Phi) is 10.1. The molecule has 2 aliphatic rings. The van der Waals surface area contributed by atoms with E-state index in [0.717, 1.165) is 17.4 Å². The van der Waals surface area contributed by atoms with Crippen LogP contribution in [-0.4, -0.2) is 84.2 Å². The topological polar surface area (TPSA) is 70.4 Å². The largest absolute Gasteiger partial charge is 0.640 e. The molecule has 3 atom stereocenters. The van der Waals surface area contributed by atoms with Gasteiger partial charge in [0, 0.05) is 36.4 Å². The summed E-state index contributed by atoms with van der Waals surface area (Å²) in [6.07, 6.45) is -9.04. The zero-order valence-corrected chi connectivity index (χ0v) is 26.8. The molecule has 4 rings (SSSR count). The van der Waals surface area contributed by atoms with Crippen LogP contribution in [0.1, 0.15) is 58.2 Å². The fraction of sp³-hybridized carbons (Fsp3) is 0.545. The molecular formula is C33H41F6N4O3-. The van der Waals surface area contributed by atoms with Gasteiger partial charge in [0.15, 0.2) is 0 Å². The number of aliphatic hydroxyl groups is 1. The van der Waals surface area contributed by atoms with Gasteiger partial charge in [-0.05, 0) is 71.0 Å². The van der Waals surface area contributed by atoms with Crippen molar-refractivity contribution in [1.82, 2.24) is 9.80 Å². The van der Waals surface area contributed by atoms with Crippen LogP contribution in [0.5, 0.6) is 5.75 Å². The SMILES string of the molecule is CC=Cc1cc(C(O)(C(F)(F)F)C(F)(F)F)ccc1N1C[C@H](C)N(C(=O)CN2C[N-][C@](C)(c3cccc(OC(C)C)c3)C2)CC1C. The van der Waals surface area contributed by atoms with Crippen molar-refractivity contribution in [2.24, 2.45) is 0 Å². The average Bonchev–Trinajstić information content (AvgIpc) is 3.33. The van der Waals surface area contributed by atoms with Crippen LogP contribution in [0.25, 0.3) is 11.4 Å². The lowest BCUT2D eigenvalue weighted by Gasteiger charge is -2.46. The summed E-state index contributed by atoms with van der Waals surface area (Å²) in [5.41, 5.74) is -5.39. The first kappa shape index (κ1) is 35.6. The van der Waals surface area contributed by atoms with Crippen molar-refractivity contribution in [2.45, 2.75) is 83.2 Å². The van der Waals surface area contributed by atoms with Crippen LogP contribution in [0, 0.1) is 0 Å². The molecule has 254 valence electrons. The Labute approximate surface area is 265 Å². The van der Waals surface area contributed by atoms with Crippen LogP contribution in [-0.2, 0) is 15.9 Å². The summed E-state index contributed by atoms with van der Waals surface area (Å²) in [7, 11) is 0. The molecule has 0 bridgehead atoms. The summed E-state index contributed by atoms with van der Waals surface area (Å²) in [4.78, 5) is 19.1. The Balaban J connectivity index is 1.48. The lowest BCUT2D eigenvalue weighted by molar-refractivity contribution is -0.376. The highest BCUT2D eigenvalue weighted by atomic mass is 19.4. The monoisotopic (exact) mass is 655 g/mol. The molecule has 13 heteroatoms. The highest BCUT2D eigenvalue weighted by Crippen LogP contribution is 2.51. The molecule has 7 nitrogen and oxygen atoms in total. The molecular weight excluding hydrogens is 614 g/mol. The molecule has 2 heterocycles. The van der Waals surface area contributed by atoms with Crippen LogP contribution in [0.15, 0.2) is 48.5 Å². The second-order valence-corrected chi connectivity index (χ2v) is 12.6. The van der Waals surface area contributed by atoms with Crippen LogP contribution in [0.4, 0.5) is 32.0 Å². The third kappa shape index (κ3) is 7.01. The molecule has 2 fully saturated rings. The van der Waals surface area contributed by atoms with E-state index in [-0.39, 0.29) is 36.2 Å². The quantitative estimate of drug-likeness (QED) is 0.317. The summed E-state index contributed by atoms with van der Waals surface area (Å²) in [6.45, 7) is 12.9.